The molecule has 168 valence electrons. The molecule has 3 aliphatic carbocycles. The molecule has 0 spiro atoms. The molecule has 1 aliphatic heterocycles. The van der Waals surface area contributed by atoms with Crippen LogP contribution in [-0.4, -0.2) is 37.4 Å². The maximum atomic E-state index is 13.2. The van der Waals surface area contributed by atoms with Crippen molar-refractivity contribution in [2.45, 2.75) is 70.5 Å². The molecule has 0 unspecified atom stereocenters. The molecular formula is C26H34O5. The molecule has 4 fully saturated rings. The van der Waals surface area contributed by atoms with Gasteiger partial charge in [-0.15, -0.1) is 0 Å². The summed E-state index contributed by atoms with van der Waals surface area (Å²) in [6.07, 6.45) is 6.12. The van der Waals surface area contributed by atoms with Crippen LogP contribution in [0.3, 0.4) is 0 Å². The van der Waals surface area contributed by atoms with E-state index < -0.39 is 12.1 Å². The zero-order valence-electron chi connectivity index (χ0n) is 19.1. The fourth-order valence-corrected chi connectivity index (χ4v) is 6.31. The van der Waals surface area contributed by atoms with Gasteiger partial charge in [0.25, 0.3) is 0 Å². The number of rotatable bonds is 8. The van der Waals surface area contributed by atoms with Crippen LogP contribution in [0.15, 0.2) is 42.0 Å². The third kappa shape index (κ3) is 3.82. The van der Waals surface area contributed by atoms with Crippen LogP contribution >= 0.6 is 0 Å². The minimum atomic E-state index is -0.473. The molecule has 1 heterocycles. The Morgan fingerprint density at radius 1 is 1.29 bits per heavy atom. The second kappa shape index (κ2) is 8.42. The van der Waals surface area contributed by atoms with Gasteiger partial charge in [0, 0.05) is 11.0 Å². The Labute approximate surface area is 185 Å². The van der Waals surface area contributed by atoms with Crippen molar-refractivity contribution in [2.24, 2.45) is 17.3 Å². The normalized spacial score (nSPS) is 33.2. The van der Waals surface area contributed by atoms with Gasteiger partial charge in [0.05, 0.1) is 25.2 Å². The highest BCUT2D eigenvalue weighted by molar-refractivity contribution is 5.87. The number of carbonyl (C=O) groups is 2. The maximum Gasteiger partial charge on any atom is 0.333 e. The van der Waals surface area contributed by atoms with E-state index in [4.69, 9.17) is 14.2 Å². The van der Waals surface area contributed by atoms with E-state index in [-0.39, 0.29) is 22.9 Å². The first-order valence-electron chi connectivity index (χ1n) is 11.5. The van der Waals surface area contributed by atoms with Gasteiger partial charge >= 0.3 is 11.9 Å². The van der Waals surface area contributed by atoms with Gasteiger partial charge in [-0.05, 0) is 69.4 Å². The lowest BCUT2D eigenvalue weighted by molar-refractivity contribution is -0.157. The first kappa shape index (κ1) is 22.1. The number of ether oxygens (including phenoxy) is 3. The molecular weight excluding hydrogens is 392 g/mol. The lowest BCUT2D eigenvalue weighted by atomic mass is 9.43. The van der Waals surface area contributed by atoms with Gasteiger partial charge in [0.1, 0.15) is 6.10 Å². The van der Waals surface area contributed by atoms with Crippen molar-refractivity contribution in [1.82, 2.24) is 0 Å². The molecule has 6 atom stereocenters. The smallest absolute Gasteiger partial charge is 0.333 e. The molecule has 5 rings (SSSR count). The van der Waals surface area contributed by atoms with Crippen LogP contribution in [0.4, 0.5) is 0 Å². The van der Waals surface area contributed by atoms with E-state index >= 15 is 0 Å². The Morgan fingerprint density at radius 3 is 2.68 bits per heavy atom. The van der Waals surface area contributed by atoms with Gasteiger partial charge in [0.15, 0.2) is 0 Å². The molecule has 5 nitrogen and oxygen atoms in total. The summed E-state index contributed by atoms with van der Waals surface area (Å²) in [6, 6.07) is 9.75. The van der Waals surface area contributed by atoms with Crippen LogP contribution in [0.25, 0.3) is 0 Å². The summed E-state index contributed by atoms with van der Waals surface area (Å²) in [4.78, 5) is 25.3. The summed E-state index contributed by atoms with van der Waals surface area (Å²) in [5, 5.41) is 0. The fourth-order valence-electron chi connectivity index (χ4n) is 6.31. The third-order valence-electron chi connectivity index (χ3n) is 8.11. The van der Waals surface area contributed by atoms with Crippen molar-refractivity contribution >= 4 is 11.9 Å². The molecule has 31 heavy (non-hydrogen) atoms. The molecule has 0 N–H and O–H groups in total. The van der Waals surface area contributed by atoms with Gasteiger partial charge in [-0.3, -0.25) is 4.79 Å². The average molecular weight is 427 g/mol. The molecule has 3 saturated carbocycles. The van der Waals surface area contributed by atoms with Crippen molar-refractivity contribution in [3.8, 4) is 0 Å². The first-order chi connectivity index (χ1) is 14.8. The Bertz CT molecular complexity index is 860. The maximum absolute atomic E-state index is 13.2. The van der Waals surface area contributed by atoms with E-state index in [0.29, 0.717) is 36.9 Å². The number of methoxy groups -OCH3 is 1. The molecule has 1 aromatic rings. The number of hydrogen-bond acceptors (Lipinski definition) is 5. The largest absolute Gasteiger partial charge is 0.466 e. The van der Waals surface area contributed by atoms with E-state index in [1.165, 1.54) is 13.5 Å². The number of carbonyl (C=O) groups excluding carboxylic acids is 2. The number of fused-ring (bicyclic) bond motifs is 1. The van der Waals surface area contributed by atoms with E-state index in [1.54, 1.807) is 13.0 Å². The Hall–Kier alpha value is -2.14. The van der Waals surface area contributed by atoms with Crippen molar-refractivity contribution in [3.05, 3.63) is 47.5 Å². The first-order valence-corrected chi connectivity index (χ1v) is 11.5. The molecule has 4 bridgehead atoms. The van der Waals surface area contributed by atoms with E-state index in [1.807, 2.05) is 37.3 Å². The quantitative estimate of drug-likeness (QED) is 0.441. The summed E-state index contributed by atoms with van der Waals surface area (Å²) < 4.78 is 17.3. The van der Waals surface area contributed by atoms with Crippen molar-refractivity contribution < 1.29 is 23.8 Å². The molecule has 0 amide bonds. The molecule has 5 heteroatoms. The Morgan fingerprint density at radius 2 is 2.03 bits per heavy atom. The van der Waals surface area contributed by atoms with Crippen LogP contribution in [0, 0.1) is 17.3 Å². The summed E-state index contributed by atoms with van der Waals surface area (Å²) >= 11 is 0. The van der Waals surface area contributed by atoms with E-state index in [0.717, 1.165) is 18.4 Å². The van der Waals surface area contributed by atoms with Crippen LogP contribution in [-0.2, 0) is 23.8 Å². The highest BCUT2D eigenvalue weighted by atomic mass is 16.5. The number of esters is 2. The van der Waals surface area contributed by atoms with Crippen molar-refractivity contribution in [3.63, 3.8) is 0 Å². The second-order valence-corrected chi connectivity index (χ2v) is 9.75. The van der Waals surface area contributed by atoms with Crippen LogP contribution < -0.4 is 0 Å². The predicted molar refractivity (Wildman–Crippen MR) is 117 cm³/mol. The monoisotopic (exact) mass is 426 g/mol. The number of benzene rings is 1. The van der Waals surface area contributed by atoms with Crippen molar-refractivity contribution in [2.75, 3.05) is 13.7 Å². The summed E-state index contributed by atoms with van der Waals surface area (Å²) in [6.45, 7) is 6.66. The minimum absolute atomic E-state index is 0.0410. The topological polar surface area (TPSA) is 61.8 Å². The van der Waals surface area contributed by atoms with Crippen LogP contribution in [0.2, 0.25) is 0 Å². The summed E-state index contributed by atoms with van der Waals surface area (Å²) in [5.41, 5.74) is 1.41. The third-order valence-corrected chi connectivity index (χ3v) is 8.11. The lowest BCUT2D eigenvalue weighted by Crippen LogP contribution is -2.58. The SMILES string of the molecule is CC[C@H](C(=O)O[C@H](/C=C(\C)C(=O)OC)C[C@]12CO[C@]3(C)CC[C@H]1C[C@H]23)c1ccccc1. The van der Waals surface area contributed by atoms with Gasteiger partial charge in [0.2, 0.25) is 0 Å². The van der Waals surface area contributed by atoms with Crippen LogP contribution in [0.1, 0.15) is 64.4 Å². The Balaban J connectivity index is 1.57. The molecule has 4 aliphatic rings. The van der Waals surface area contributed by atoms with Gasteiger partial charge in [-0.1, -0.05) is 37.3 Å². The zero-order valence-corrected chi connectivity index (χ0v) is 19.1. The van der Waals surface area contributed by atoms with E-state index in [2.05, 4.69) is 6.92 Å². The highest BCUT2D eigenvalue weighted by Crippen LogP contribution is 2.70. The van der Waals surface area contributed by atoms with Gasteiger partial charge in [-0.2, -0.15) is 0 Å². The van der Waals surface area contributed by atoms with Crippen LogP contribution in [0.5, 0.6) is 0 Å². The van der Waals surface area contributed by atoms with Gasteiger partial charge in [-0.25, -0.2) is 4.79 Å². The summed E-state index contributed by atoms with van der Waals surface area (Å²) in [5.74, 6) is 0.157. The average Bonchev–Trinajstić information content (AvgIpc) is 2.90. The zero-order chi connectivity index (χ0) is 22.2. The minimum Gasteiger partial charge on any atom is -0.466 e. The molecule has 0 aromatic heterocycles. The second-order valence-electron chi connectivity index (χ2n) is 9.75. The number of hydrogen-bond donors (Lipinski definition) is 0. The fraction of sp³-hybridized carbons (Fsp3) is 0.615. The molecule has 1 aromatic carbocycles. The summed E-state index contributed by atoms with van der Waals surface area (Å²) in [7, 11) is 1.37. The molecule has 1 saturated heterocycles. The standard InChI is InChI=1S/C26H34O5/c1-5-21(18-9-7-6-8-10-18)24(28)31-20(13-17(2)23(27)29-4)15-26-16-30-25(3)12-11-19(26)14-22(25)26/h6-10,13,19-22H,5,11-12,14-16H2,1-4H3/b17-13+/t19-,20+,21-,22-,25+,26-/m0/s1. The van der Waals surface area contributed by atoms with Crippen molar-refractivity contribution in [1.29, 1.82) is 0 Å². The Kier molecular flexibility index (Phi) is 5.99. The van der Waals surface area contributed by atoms with Gasteiger partial charge < -0.3 is 14.2 Å². The predicted octanol–water partition coefficient (Wildman–Crippen LogP) is 4.81. The lowest BCUT2D eigenvalue weighted by Gasteiger charge is -2.59. The molecule has 0 radical (unpaired) electrons. The van der Waals surface area contributed by atoms with E-state index in [9.17, 15) is 9.59 Å². The highest BCUT2D eigenvalue weighted by Gasteiger charge is 2.69.